The zero-order valence-electron chi connectivity index (χ0n) is 13.1. The number of hydrogen-bond donors (Lipinski definition) is 4. The van der Waals surface area contributed by atoms with Gasteiger partial charge in [0.25, 0.3) is 0 Å². The number of aliphatic hydroxyl groups excluding tert-OH is 3. The molecule has 0 radical (unpaired) electrons. The summed E-state index contributed by atoms with van der Waals surface area (Å²) < 4.78 is 15.8. The molecule has 0 aromatic heterocycles. The second-order valence-electron chi connectivity index (χ2n) is 5.34. The fourth-order valence-corrected chi connectivity index (χ4v) is 2.12. The largest absolute Gasteiger partial charge is 0.394 e. The van der Waals surface area contributed by atoms with Gasteiger partial charge in [-0.1, -0.05) is 13.8 Å². The van der Waals surface area contributed by atoms with E-state index in [1.807, 2.05) is 6.92 Å². The van der Waals surface area contributed by atoms with Crippen molar-refractivity contribution in [3.05, 3.63) is 0 Å². The summed E-state index contributed by atoms with van der Waals surface area (Å²) in [5.74, 6) is -0.584. The van der Waals surface area contributed by atoms with Gasteiger partial charge in [0.2, 0.25) is 5.91 Å². The Labute approximate surface area is 130 Å². The van der Waals surface area contributed by atoms with E-state index >= 15 is 0 Å². The molecule has 0 aromatic rings. The van der Waals surface area contributed by atoms with Crippen molar-refractivity contribution in [2.24, 2.45) is 5.92 Å². The molecule has 8 heteroatoms. The molecule has 0 saturated carbocycles. The monoisotopic (exact) mass is 321 g/mol. The summed E-state index contributed by atoms with van der Waals surface area (Å²) in [4.78, 5) is 11.3. The molecule has 1 saturated heterocycles. The predicted molar refractivity (Wildman–Crippen MR) is 77.0 cm³/mol. The second kappa shape index (κ2) is 10.1. The molecule has 1 fully saturated rings. The number of carbonyl (C=O) groups excluding carboxylic acids is 1. The highest BCUT2D eigenvalue weighted by Gasteiger charge is 2.42. The Hall–Kier alpha value is -0.770. The minimum Gasteiger partial charge on any atom is -0.394 e. The molecule has 0 aromatic carbocycles. The number of rotatable bonds is 9. The molecule has 1 heterocycles. The number of carbonyl (C=O) groups is 1. The topological polar surface area (TPSA) is 117 Å². The first-order valence-corrected chi connectivity index (χ1v) is 7.59. The van der Waals surface area contributed by atoms with Gasteiger partial charge in [-0.15, -0.1) is 0 Å². The summed E-state index contributed by atoms with van der Waals surface area (Å²) in [5, 5.41) is 31.6. The van der Waals surface area contributed by atoms with Crippen LogP contribution in [0.25, 0.3) is 0 Å². The van der Waals surface area contributed by atoms with Gasteiger partial charge in [0.05, 0.1) is 32.0 Å². The van der Waals surface area contributed by atoms with Gasteiger partial charge < -0.3 is 34.8 Å². The van der Waals surface area contributed by atoms with Crippen molar-refractivity contribution in [1.82, 2.24) is 5.32 Å². The van der Waals surface area contributed by atoms with Gasteiger partial charge in [0, 0.05) is 12.5 Å². The lowest BCUT2D eigenvalue weighted by molar-refractivity contribution is -0.289. The molecule has 0 aliphatic carbocycles. The number of nitrogens with one attached hydrogen (secondary N) is 1. The molecule has 22 heavy (non-hydrogen) atoms. The maximum Gasteiger partial charge on any atom is 0.245 e. The zero-order chi connectivity index (χ0) is 16.5. The van der Waals surface area contributed by atoms with Crippen molar-refractivity contribution < 1.29 is 34.3 Å². The van der Waals surface area contributed by atoms with Gasteiger partial charge in [-0.3, -0.25) is 4.79 Å². The quantitative estimate of drug-likeness (QED) is 0.387. The molecule has 2 unspecified atom stereocenters. The lowest BCUT2D eigenvalue weighted by atomic mass is 9.91. The molecule has 1 amide bonds. The smallest absolute Gasteiger partial charge is 0.245 e. The van der Waals surface area contributed by atoms with Crippen molar-refractivity contribution in [3.8, 4) is 0 Å². The molecule has 130 valence electrons. The van der Waals surface area contributed by atoms with E-state index in [0.29, 0.717) is 6.54 Å². The SMILES string of the molecule is CCCNC(=O)COCCO[C@@H]1OC(CO)[C@@H](C)C(O)[C@@H]1O. The lowest BCUT2D eigenvalue weighted by Gasteiger charge is -2.40. The summed E-state index contributed by atoms with van der Waals surface area (Å²) >= 11 is 0. The van der Waals surface area contributed by atoms with Gasteiger partial charge in [-0.2, -0.15) is 0 Å². The highest BCUT2D eigenvalue weighted by atomic mass is 16.7. The molecule has 0 bridgehead atoms. The highest BCUT2D eigenvalue weighted by Crippen LogP contribution is 2.26. The Kier molecular flexibility index (Phi) is 8.84. The van der Waals surface area contributed by atoms with Gasteiger partial charge in [0.1, 0.15) is 12.7 Å². The standard InChI is InChI=1S/C14H27NO7/c1-3-4-15-11(17)8-20-5-6-21-14-13(19)12(18)9(2)10(7-16)22-14/h9-10,12-14,16,18-19H,3-8H2,1-2H3,(H,15,17)/t9-,10?,12?,13+,14-/m1/s1. The van der Waals surface area contributed by atoms with Gasteiger partial charge in [-0.25, -0.2) is 0 Å². The molecule has 8 nitrogen and oxygen atoms in total. The van der Waals surface area contributed by atoms with Crippen molar-refractivity contribution in [2.45, 2.75) is 44.9 Å². The molecule has 1 aliphatic rings. The number of hydrogen-bond acceptors (Lipinski definition) is 7. The third kappa shape index (κ3) is 5.79. The zero-order valence-corrected chi connectivity index (χ0v) is 13.1. The van der Waals surface area contributed by atoms with E-state index in [0.717, 1.165) is 6.42 Å². The molecule has 1 rings (SSSR count). The average Bonchev–Trinajstić information content (AvgIpc) is 2.52. The van der Waals surface area contributed by atoms with Crippen LogP contribution in [0.4, 0.5) is 0 Å². The van der Waals surface area contributed by atoms with Crippen LogP contribution in [0.1, 0.15) is 20.3 Å². The summed E-state index contributed by atoms with van der Waals surface area (Å²) in [6, 6.07) is 0. The van der Waals surface area contributed by atoms with Gasteiger partial charge in [0.15, 0.2) is 6.29 Å². The Morgan fingerprint density at radius 1 is 1.27 bits per heavy atom. The summed E-state index contributed by atoms with van der Waals surface area (Å²) in [6.45, 7) is 4.18. The van der Waals surface area contributed by atoms with E-state index in [-0.39, 0.29) is 32.3 Å². The third-order valence-electron chi connectivity index (χ3n) is 3.56. The van der Waals surface area contributed by atoms with Crippen LogP contribution in [-0.2, 0) is 19.0 Å². The maximum atomic E-state index is 11.3. The van der Waals surface area contributed by atoms with Crippen LogP contribution < -0.4 is 5.32 Å². The van der Waals surface area contributed by atoms with E-state index in [2.05, 4.69) is 5.32 Å². The molecular weight excluding hydrogens is 294 g/mol. The number of aliphatic hydroxyl groups is 3. The van der Waals surface area contributed by atoms with Crippen LogP contribution in [-0.4, -0.2) is 78.8 Å². The molecule has 1 aliphatic heterocycles. The average molecular weight is 321 g/mol. The lowest BCUT2D eigenvalue weighted by Crippen LogP contribution is -2.55. The van der Waals surface area contributed by atoms with Gasteiger partial charge in [-0.05, 0) is 6.42 Å². The number of amides is 1. The van der Waals surface area contributed by atoms with Crippen molar-refractivity contribution in [2.75, 3.05) is 33.0 Å². The summed E-state index contributed by atoms with van der Waals surface area (Å²) in [5.41, 5.74) is 0. The second-order valence-corrected chi connectivity index (χ2v) is 5.34. The van der Waals surface area contributed by atoms with Crippen LogP contribution in [0.5, 0.6) is 0 Å². The van der Waals surface area contributed by atoms with E-state index in [1.54, 1.807) is 6.92 Å². The van der Waals surface area contributed by atoms with Crippen LogP contribution in [0.3, 0.4) is 0 Å². The summed E-state index contributed by atoms with van der Waals surface area (Å²) in [7, 11) is 0. The van der Waals surface area contributed by atoms with Crippen LogP contribution >= 0.6 is 0 Å². The fourth-order valence-electron chi connectivity index (χ4n) is 2.12. The predicted octanol–water partition coefficient (Wildman–Crippen LogP) is -1.38. The molecule has 5 atom stereocenters. The van der Waals surface area contributed by atoms with E-state index in [4.69, 9.17) is 14.2 Å². The summed E-state index contributed by atoms with van der Waals surface area (Å²) in [6.07, 6.45) is -2.98. The molecule has 0 spiro atoms. The minimum atomic E-state index is -1.19. The van der Waals surface area contributed by atoms with E-state index in [1.165, 1.54) is 0 Å². The maximum absolute atomic E-state index is 11.3. The normalized spacial score (nSPS) is 32.0. The minimum absolute atomic E-state index is 0.0592. The molecule has 4 N–H and O–H groups in total. The Morgan fingerprint density at radius 3 is 2.64 bits per heavy atom. The fraction of sp³-hybridized carbons (Fsp3) is 0.929. The van der Waals surface area contributed by atoms with E-state index < -0.39 is 30.5 Å². The Balaban J connectivity index is 2.22. The van der Waals surface area contributed by atoms with E-state index in [9.17, 15) is 20.1 Å². The van der Waals surface area contributed by atoms with Crippen LogP contribution in [0.15, 0.2) is 0 Å². The first kappa shape index (κ1) is 19.3. The molecular formula is C14H27NO7. The Bertz CT molecular complexity index is 326. The number of ether oxygens (including phenoxy) is 3. The van der Waals surface area contributed by atoms with Crippen LogP contribution in [0, 0.1) is 5.92 Å². The van der Waals surface area contributed by atoms with Gasteiger partial charge >= 0.3 is 0 Å². The van der Waals surface area contributed by atoms with Crippen molar-refractivity contribution >= 4 is 5.91 Å². The third-order valence-corrected chi connectivity index (χ3v) is 3.56. The van der Waals surface area contributed by atoms with Crippen molar-refractivity contribution in [1.29, 1.82) is 0 Å². The first-order valence-electron chi connectivity index (χ1n) is 7.59. The Morgan fingerprint density at radius 2 is 2.00 bits per heavy atom. The first-order chi connectivity index (χ1) is 10.5. The van der Waals surface area contributed by atoms with Crippen LogP contribution in [0.2, 0.25) is 0 Å². The van der Waals surface area contributed by atoms with Crippen molar-refractivity contribution in [3.63, 3.8) is 0 Å². The highest BCUT2D eigenvalue weighted by molar-refractivity contribution is 5.77.